The number of rotatable bonds is 0. The summed E-state index contributed by atoms with van der Waals surface area (Å²) in [5.74, 6) is 0. The molecule has 0 amide bonds. The fraction of sp³-hybridized carbons (Fsp3) is 0.500. The Kier molecular flexibility index (Phi) is 5.49. The Hall–Kier alpha value is 0.650. The molecule has 0 saturated heterocycles. The first-order valence-electron chi connectivity index (χ1n) is 1.04. The van der Waals surface area contributed by atoms with Crippen LogP contribution in [0.25, 0.3) is 0 Å². The molecule has 0 atom stereocenters. The maximum absolute atomic E-state index is 7.76. The topological polar surface area (TPSA) is 23.8 Å². The molecule has 0 rings (SSSR count). The highest BCUT2D eigenvalue weighted by Gasteiger charge is 2.16. The van der Waals surface area contributed by atoms with Crippen LogP contribution in [0.4, 0.5) is 0 Å². The predicted molar refractivity (Wildman–Crippen MR) is 33.2 cm³/mol. The molecule has 5 heteroatoms. The van der Waals surface area contributed by atoms with Crippen LogP contribution in [-0.2, 0) is 0 Å². The van der Waals surface area contributed by atoms with E-state index < -0.39 is 3.79 Å². The zero-order valence-corrected chi connectivity index (χ0v) is 6.07. The number of hydrogen-bond donors (Lipinski definition) is 0. The summed E-state index contributed by atoms with van der Waals surface area (Å²) in [6.45, 7) is 0. The molecule has 0 aromatic rings. The van der Waals surface area contributed by atoms with Gasteiger partial charge in [0.2, 0.25) is 0 Å². The molecule has 0 aliphatic carbocycles. The van der Waals surface area contributed by atoms with E-state index in [2.05, 4.69) is 0 Å². The Morgan fingerprint density at radius 1 is 1.29 bits per heavy atom. The van der Waals surface area contributed by atoms with E-state index in [0.717, 1.165) is 0 Å². The molecular formula is C2HCl4N. The average molecular weight is 181 g/mol. The van der Waals surface area contributed by atoms with Crippen molar-refractivity contribution in [3.63, 3.8) is 0 Å². The summed E-state index contributed by atoms with van der Waals surface area (Å²) in [7, 11) is 0. The van der Waals surface area contributed by atoms with Gasteiger partial charge in [-0.25, -0.2) is 0 Å². The van der Waals surface area contributed by atoms with Crippen LogP contribution in [0.5, 0.6) is 0 Å². The minimum atomic E-state index is -1.74. The number of nitrogens with zero attached hydrogens (tertiary/aromatic N) is 1. The van der Waals surface area contributed by atoms with Crippen molar-refractivity contribution >= 4 is 47.2 Å². The van der Waals surface area contributed by atoms with E-state index in [1.165, 1.54) is 6.07 Å². The molecule has 0 aliphatic rings. The molecule has 0 saturated carbocycles. The molecule has 0 aromatic heterocycles. The van der Waals surface area contributed by atoms with Gasteiger partial charge in [-0.05, 0) is 0 Å². The van der Waals surface area contributed by atoms with Crippen molar-refractivity contribution in [1.82, 2.24) is 0 Å². The third-order valence-electron chi connectivity index (χ3n) is 0.127. The number of alkyl halides is 3. The SMILES string of the molecule is Cl.N#CC(Cl)(Cl)Cl. The van der Waals surface area contributed by atoms with Crippen molar-refractivity contribution in [2.75, 3.05) is 0 Å². The summed E-state index contributed by atoms with van der Waals surface area (Å²) in [5, 5.41) is 7.76. The van der Waals surface area contributed by atoms with Crippen LogP contribution < -0.4 is 0 Å². The zero-order valence-electron chi connectivity index (χ0n) is 2.99. The molecule has 0 fully saturated rings. The van der Waals surface area contributed by atoms with E-state index in [9.17, 15) is 0 Å². The van der Waals surface area contributed by atoms with Crippen LogP contribution in [0.3, 0.4) is 0 Å². The largest absolute Gasteiger partial charge is 0.277 e. The number of hydrogen-bond acceptors (Lipinski definition) is 1. The van der Waals surface area contributed by atoms with E-state index in [0.29, 0.717) is 0 Å². The third kappa shape index (κ3) is 10.8. The average Bonchev–Trinajstić information content (AvgIpc) is 1.35. The van der Waals surface area contributed by atoms with E-state index in [-0.39, 0.29) is 12.4 Å². The summed E-state index contributed by atoms with van der Waals surface area (Å²) in [6.07, 6.45) is 0. The van der Waals surface area contributed by atoms with Gasteiger partial charge in [-0.15, -0.1) is 12.4 Å². The van der Waals surface area contributed by atoms with Crippen LogP contribution in [0, 0.1) is 11.3 Å². The van der Waals surface area contributed by atoms with Gasteiger partial charge in [0.1, 0.15) is 6.07 Å². The molecule has 7 heavy (non-hydrogen) atoms. The molecule has 0 heterocycles. The Morgan fingerprint density at radius 3 is 1.43 bits per heavy atom. The predicted octanol–water partition coefficient (Wildman–Crippen LogP) is 2.30. The van der Waals surface area contributed by atoms with E-state index in [4.69, 9.17) is 40.1 Å². The Bertz CT molecular complexity index is 76.7. The highest BCUT2D eigenvalue weighted by Crippen LogP contribution is 2.23. The molecule has 0 spiro atoms. The smallest absolute Gasteiger partial charge is 0.194 e. The van der Waals surface area contributed by atoms with Crippen molar-refractivity contribution in [3.8, 4) is 6.07 Å². The summed E-state index contributed by atoms with van der Waals surface area (Å²) < 4.78 is -1.74. The fourth-order valence-corrected chi connectivity index (χ4v) is 0. The van der Waals surface area contributed by atoms with Crippen molar-refractivity contribution in [3.05, 3.63) is 0 Å². The molecule has 0 N–H and O–H groups in total. The van der Waals surface area contributed by atoms with Crippen molar-refractivity contribution in [2.24, 2.45) is 0 Å². The lowest BCUT2D eigenvalue weighted by Crippen LogP contribution is -1.92. The Morgan fingerprint density at radius 2 is 1.43 bits per heavy atom. The van der Waals surface area contributed by atoms with Gasteiger partial charge < -0.3 is 0 Å². The van der Waals surface area contributed by atoms with Crippen LogP contribution in [-0.4, -0.2) is 3.79 Å². The molecule has 42 valence electrons. The lowest BCUT2D eigenvalue weighted by Gasteiger charge is -1.90. The highest BCUT2D eigenvalue weighted by molar-refractivity contribution is 6.69. The van der Waals surface area contributed by atoms with Gasteiger partial charge in [0.25, 0.3) is 3.79 Å². The number of nitriles is 1. The minimum Gasteiger partial charge on any atom is -0.194 e. The van der Waals surface area contributed by atoms with Gasteiger partial charge in [-0.2, -0.15) is 5.26 Å². The molecular weight excluding hydrogens is 180 g/mol. The fourth-order valence-electron chi connectivity index (χ4n) is 0. The normalized spacial score (nSPS) is 8.86. The van der Waals surface area contributed by atoms with E-state index in [1.54, 1.807) is 0 Å². The first kappa shape index (κ1) is 10.6. The van der Waals surface area contributed by atoms with Gasteiger partial charge in [0.15, 0.2) is 0 Å². The van der Waals surface area contributed by atoms with Crippen molar-refractivity contribution < 1.29 is 0 Å². The lowest BCUT2D eigenvalue weighted by molar-refractivity contribution is 1.39. The standard InChI is InChI=1S/C2Cl3N.ClH/c3-2(4,5)1-6;/h;1H. The molecule has 0 unspecified atom stereocenters. The van der Waals surface area contributed by atoms with E-state index >= 15 is 0 Å². The second kappa shape index (κ2) is 3.63. The van der Waals surface area contributed by atoms with Crippen LogP contribution in [0.1, 0.15) is 0 Å². The second-order valence-electron chi connectivity index (χ2n) is 0.610. The van der Waals surface area contributed by atoms with Gasteiger partial charge in [-0.1, -0.05) is 34.8 Å². The highest BCUT2D eigenvalue weighted by atomic mass is 35.6. The van der Waals surface area contributed by atoms with Crippen LogP contribution in [0.15, 0.2) is 0 Å². The molecule has 0 aliphatic heterocycles. The van der Waals surface area contributed by atoms with Gasteiger partial charge in [0, 0.05) is 0 Å². The summed E-state index contributed by atoms with van der Waals surface area (Å²) in [4.78, 5) is 0. The van der Waals surface area contributed by atoms with Crippen LogP contribution in [0.2, 0.25) is 0 Å². The van der Waals surface area contributed by atoms with Crippen LogP contribution >= 0.6 is 47.2 Å². The summed E-state index contributed by atoms with van der Waals surface area (Å²) >= 11 is 14.7. The van der Waals surface area contributed by atoms with Gasteiger partial charge in [0.05, 0.1) is 0 Å². The third-order valence-corrected chi connectivity index (χ3v) is 0.380. The van der Waals surface area contributed by atoms with Gasteiger partial charge >= 0.3 is 0 Å². The molecule has 0 aromatic carbocycles. The Balaban J connectivity index is 0. The Labute approximate surface area is 62.6 Å². The van der Waals surface area contributed by atoms with Crippen molar-refractivity contribution in [1.29, 1.82) is 5.26 Å². The number of halogens is 4. The summed E-state index contributed by atoms with van der Waals surface area (Å²) in [5.41, 5.74) is 0. The second-order valence-corrected chi connectivity index (χ2v) is 2.89. The molecule has 0 radical (unpaired) electrons. The molecule has 0 bridgehead atoms. The van der Waals surface area contributed by atoms with Gasteiger partial charge in [-0.3, -0.25) is 0 Å². The molecule has 1 nitrogen and oxygen atoms in total. The van der Waals surface area contributed by atoms with E-state index in [1.807, 2.05) is 0 Å². The lowest BCUT2D eigenvalue weighted by atomic mass is 10.9. The maximum atomic E-state index is 7.76. The minimum absolute atomic E-state index is 0. The summed E-state index contributed by atoms with van der Waals surface area (Å²) in [6, 6.07) is 1.40. The van der Waals surface area contributed by atoms with Crippen molar-refractivity contribution in [2.45, 2.75) is 3.79 Å². The first-order valence-corrected chi connectivity index (χ1v) is 2.17. The zero-order chi connectivity index (χ0) is 5.21. The quantitative estimate of drug-likeness (QED) is 0.525. The first-order chi connectivity index (χ1) is 2.56. The maximum Gasteiger partial charge on any atom is 0.277 e. The monoisotopic (exact) mass is 179 g/mol.